The van der Waals surface area contributed by atoms with Gasteiger partial charge >= 0.3 is 0 Å². The van der Waals surface area contributed by atoms with Gasteiger partial charge in [-0.25, -0.2) is 0 Å². The summed E-state index contributed by atoms with van der Waals surface area (Å²) >= 11 is 0. The lowest BCUT2D eigenvalue weighted by molar-refractivity contribution is 0.252. The number of hydrogen-bond donors (Lipinski definition) is 0. The molecule has 0 N–H and O–H groups in total. The smallest absolute Gasteiger partial charge is 0.0242 e. The van der Waals surface area contributed by atoms with Gasteiger partial charge in [0.25, 0.3) is 0 Å². The molecule has 0 spiro atoms. The van der Waals surface area contributed by atoms with E-state index >= 15 is 0 Å². The van der Waals surface area contributed by atoms with E-state index in [9.17, 15) is 0 Å². The second kappa shape index (κ2) is 12.3. The van der Waals surface area contributed by atoms with E-state index in [-0.39, 0.29) is 0 Å². The second-order valence-corrected chi connectivity index (χ2v) is 11.4. The van der Waals surface area contributed by atoms with Crippen molar-refractivity contribution in [3.05, 3.63) is 137 Å². The summed E-state index contributed by atoms with van der Waals surface area (Å²) in [4.78, 5) is 0. The van der Waals surface area contributed by atoms with Crippen molar-refractivity contribution in [1.29, 1.82) is 0 Å². The Morgan fingerprint density at radius 1 is 0.895 bits per heavy atom. The SMILES string of the molecule is C#Cc1ccc(CC2CCC(C(C(=C)CCc3ccccc3)c3ccc(C4=CC=CC4C)cc3)CC2)cc1. The molecule has 38 heavy (non-hydrogen) atoms. The van der Waals surface area contributed by atoms with Crippen molar-refractivity contribution in [1.82, 2.24) is 0 Å². The van der Waals surface area contributed by atoms with E-state index in [1.807, 2.05) is 0 Å². The minimum Gasteiger partial charge on any atom is -0.115 e. The van der Waals surface area contributed by atoms with Crippen LogP contribution in [-0.4, -0.2) is 0 Å². The zero-order valence-electron chi connectivity index (χ0n) is 22.8. The molecule has 0 saturated heterocycles. The van der Waals surface area contributed by atoms with E-state index in [4.69, 9.17) is 13.0 Å². The third-order valence-electron chi connectivity index (χ3n) is 8.79. The van der Waals surface area contributed by atoms with Crippen LogP contribution in [0.1, 0.15) is 72.8 Å². The molecule has 0 heteroatoms. The van der Waals surface area contributed by atoms with Gasteiger partial charge in [-0.3, -0.25) is 0 Å². The Balaban J connectivity index is 1.29. The molecule has 2 unspecified atom stereocenters. The lowest BCUT2D eigenvalue weighted by atomic mass is 9.69. The van der Waals surface area contributed by atoms with Gasteiger partial charge in [0.15, 0.2) is 0 Å². The number of allylic oxidation sites excluding steroid dienone is 5. The van der Waals surface area contributed by atoms with Crippen LogP contribution in [0, 0.1) is 30.1 Å². The van der Waals surface area contributed by atoms with E-state index in [1.165, 1.54) is 59.1 Å². The van der Waals surface area contributed by atoms with Crippen molar-refractivity contribution in [3.8, 4) is 12.3 Å². The molecule has 2 aliphatic carbocycles. The summed E-state index contributed by atoms with van der Waals surface area (Å²) in [5.41, 5.74) is 9.39. The van der Waals surface area contributed by atoms with Crippen LogP contribution in [0.15, 0.2) is 109 Å². The molecular weight excluding hydrogens is 456 g/mol. The number of hydrogen-bond acceptors (Lipinski definition) is 0. The highest BCUT2D eigenvalue weighted by Gasteiger charge is 2.30. The molecule has 1 saturated carbocycles. The van der Waals surface area contributed by atoms with Crippen LogP contribution in [0.3, 0.4) is 0 Å². The first-order chi connectivity index (χ1) is 18.6. The average Bonchev–Trinajstić information content (AvgIpc) is 3.40. The maximum Gasteiger partial charge on any atom is 0.0242 e. The second-order valence-electron chi connectivity index (χ2n) is 11.4. The molecule has 3 aromatic rings. The van der Waals surface area contributed by atoms with Crippen molar-refractivity contribution in [2.75, 3.05) is 0 Å². The van der Waals surface area contributed by atoms with E-state index in [1.54, 1.807) is 0 Å². The Labute approximate surface area is 230 Å². The van der Waals surface area contributed by atoms with Crippen LogP contribution in [0.2, 0.25) is 0 Å². The Morgan fingerprint density at radius 3 is 2.24 bits per heavy atom. The van der Waals surface area contributed by atoms with Crippen LogP contribution in [-0.2, 0) is 12.8 Å². The molecule has 2 atom stereocenters. The Bertz CT molecular complexity index is 1300. The van der Waals surface area contributed by atoms with Crippen molar-refractivity contribution >= 4 is 5.57 Å². The number of terminal acetylenes is 1. The molecule has 0 aliphatic heterocycles. The summed E-state index contributed by atoms with van der Waals surface area (Å²) in [6, 6.07) is 28.9. The van der Waals surface area contributed by atoms with Gasteiger partial charge in [-0.1, -0.05) is 110 Å². The number of rotatable bonds is 9. The van der Waals surface area contributed by atoms with Gasteiger partial charge in [0, 0.05) is 11.5 Å². The Kier molecular flexibility index (Phi) is 8.45. The summed E-state index contributed by atoms with van der Waals surface area (Å²) in [6.45, 7) is 6.98. The summed E-state index contributed by atoms with van der Waals surface area (Å²) in [5.74, 6) is 5.07. The predicted octanol–water partition coefficient (Wildman–Crippen LogP) is 9.58. The molecule has 0 bridgehead atoms. The summed E-state index contributed by atoms with van der Waals surface area (Å²) in [6.07, 6.45) is 20.7. The fraction of sp³-hybridized carbons (Fsp3) is 0.316. The van der Waals surface area contributed by atoms with Crippen molar-refractivity contribution in [2.24, 2.45) is 17.8 Å². The first-order valence-corrected chi connectivity index (χ1v) is 14.4. The van der Waals surface area contributed by atoms with Crippen LogP contribution >= 0.6 is 0 Å². The molecule has 0 aromatic heterocycles. The number of aryl methyl sites for hydroxylation is 1. The monoisotopic (exact) mass is 496 g/mol. The lowest BCUT2D eigenvalue weighted by Crippen LogP contribution is -2.23. The van der Waals surface area contributed by atoms with E-state index < -0.39 is 0 Å². The Morgan fingerprint density at radius 2 is 1.61 bits per heavy atom. The van der Waals surface area contributed by atoms with Crippen LogP contribution in [0.4, 0.5) is 0 Å². The largest absolute Gasteiger partial charge is 0.115 e. The third kappa shape index (κ3) is 6.28. The van der Waals surface area contributed by atoms with E-state index in [0.29, 0.717) is 17.8 Å². The lowest BCUT2D eigenvalue weighted by Gasteiger charge is -2.36. The van der Waals surface area contributed by atoms with Gasteiger partial charge in [-0.15, -0.1) is 6.42 Å². The highest BCUT2D eigenvalue weighted by molar-refractivity contribution is 5.72. The maximum absolute atomic E-state index is 5.54. The van der Waals surface area contributed by atoms with Gasteiger partial charge in [0.1, 0.15) is 0 Å². The first-order valence-electron chi connectivity index (χ1n) is 14.4. The number of benzene rings is 3. The fourth-order valence-corrected chi connectivity index (χ4v) is 6.57. The van der Waals surface area contributed by atoms with E-state index in [2.05, 4.69) is 110 Å². The topological polar surface area (TPSA) is 0 Å². The van der Waals surface area contributed by atoms with Crippen molar-refractivity contribution in [3.63, 3.8) is 0 Å². The molecule has 0 amide bonds. The van der Waals surface area contributed by atoms with Crippen molar-refractivity contribution in [2.45, 2.75) is 57.8 Å². The van der Waals surface area contributed by atoms with Crippen LogP contribution in [0.25, 0.3) is 5.57 Å². The van der Waals surface area contributed by atoms with Crippen LogP contribution in [0.5, 0.6) is 0 Å². The molecule has 3 aromatic carbocycles. The molecule has 5 rings (SSSR count). The summed E-state index contributed by atoms with van der Waals surface area (Å²) < 4.78 is 0. The zero-order chi connectivity index (χ0) is 26.3. The molecule has 0 nitrogen and oxygen atoms in total. The predicted molar refractivity (Wildman–Crippen MR) is 163 cm³/mol. The van der Waals surface area contributed by atoms with Gasteiger partial charge in [0.05, 0.1) is 0 Å². The minimum absolute atomic E-state index is 0.428. The van der Waals surface area contributed by atoms with E-state index in [0.717, 1.165) is 30.7 Å². The summed E-state index contributed by atoms with van der Waals surface area (Å²) in [5, 5.41) is 0. The van der Waals surface area contributed by atoms with Gasteiger partial charge in [-0.2, -0.15) is 0 Å². The zero-order valence-corrected chi connectivity index (χ0v) is 22.8. The average molecular weight is 497 g/mol. The maximum atomic E-state index is 5.54. The normalized spacial score (nSPS) is 21.5. The molecule has 1 fully saturated rings. The first kappa shape index (κ1) is 26.1. The minimum atomic E-state index is 0.428. The van der Waals surface area contributed by atoms with Gasteiger partial charge in [-0.05, 0) is 103 Å². The highest BCUT2D eigenvalue weighted by Crippen LogP contribution is 2.44. The third-order valence-corrected chi connectivity index (χ3v) is 8.79. The highest BCUT2D eigenvalue weighted by atomic mass is 14.3. The Hall–Kier alpha value is -3.56. The van der Waals surface area contributed by atoms with Crippen LogP contribution < -0.4 is 0 Å². The molecule has 0 radical (unpaired) electrons. The standard InChI is InChI=1S/C38H40/c1-4-30-15-17-32(18-16-30)27-33-19-21-35(22-20-33)38(29(3)13-14-31-10-6-5-7-11-31)36-25-23-34(24-26-36)37-12-8-9-28(37)2/h1,5-12,15-18,23-26,28,33,35,38H,3,13-14,19-22,27H2,2H3. The van der Waals surface area contributed by atoms with Crippen molar-refractivity contribution < 1.29 is 0 Å². The molecule has 0 heterocycles. The fourth-order valence-electron chi connectivity index (χ4n) is 6.57. The quantitative estimate of drug-likeness (QED) is 0.204. The van der Waals surface area contributed by atoms with Gasteiger partial charge < -0.3 is 0 Å². The molecular formula is C38H40. The molecule has 2 aliphatic rings. The van der Waals surface area contributed by atoms with Gasteiger partial charge in [0.2, 0.25) is 0 Å². The molecule has 192 valence electrons. The summed E-state index contributed by atoms with van der Waals surface area (Å²) in [7, 11) is 0.